The first kappa shape index (κ1) is 15.4. The zero-order chi connectivity index (χ0) is 16.0. The van der Waals surface area contributed by atoms with E-state index in [0.29, 0.717) is 13.2 Å². The number of ether oxygens (including phenoxy) is 2. The van der Waals surface area contributed by atoms with E-state index in [-0.39, 0.29) is 5.78 Å². The number of ketones is 1. The standard InChI is InChI=1S/C20H18O3/c21-19-11-13-20(14-12-19,22-15-17-7-3-1-4-8-17)23-16-18-9-5-2-6-10-18/h1-14H,15-16H2. The van der Waals surface area contributed by atoms with Gasteiger partial charge in [0.25, 0.3) is 0 Å². The zero-order valence-electron chi connectivity index (χ0n) is 12.7. The van der Waals surface area contributed by atoms with E-state index >= 15 is 0 Å². The van der Waals surface area contributed by atoms with Crippen LogP contribution in [-0.2, 0) is 27.5 Å². The highest BCUT2D eigenvalue weighted by molar-refractivity contribution is 6.00. The van der Waals surface area contributed by atoms with E-state index in [0.717, 1.165) is 11.1 Å². The first-order chi connectivity index (χ1) is 11.3. The van der Waals surface area contributed by atoms with Crippen molar-refractivity contribution in [2.24, 2.45) is 0 Å². The molecule has 23 heavy (non-hydrogen) atoms. The van der Waals surface area contributed by atoms with Gasteiger partial charge in [0.1, 0.15) is 0 Å². The summed E-state index contributed by atoms with van der Waals surface area (Å²) in [7, 11) is 0. The van der Waals surface area contributed by atoms with Crippen molar-refractivity contribution >= 4 is 5.78 Å². The number of hydrogen-bond acceptors (Lipinski definition) is 3. The SMILES string of the molecule is O=C1C=CC(OCc2ccccc2)(OCc2ccccc2)C=C1. The van der Waals surface area contributed by atoms with E-state index in [9.17, 15) is 4.79 Å². The Bertz CT molecular complexity index is 641. The molecule has 0 aliphatic heterocycles. The van der Waals surface area contributed by atoms with Crippen LogP contribution >= 0.6 is 0 Å². The Kier molecular flexibility index (Phi) is 4.81. The van der Waals surface area contributed by atoms with Gasteiger partial charge in [0.05, 0.1) is 13.2 Å². The molecule has 0 heterocycles. The first-order valence-electron chi connectivity index (χ1n) is 7.54. The van der Waals surface area contributed by atoms with Crippen molar-refractivity contribution in [3.05, 3.63) is 96.1 Å². The summed E-state index contributed by atoms with van der Waals surface area (Å²) in [5.74, 6) is -1.08. The van der Waals surface area contributed by atoms with Gasteiger partial charge >= 0.3 is 0 Å². The fourth-order valence-corrected chi connectivity index (χ4v) is 2.28. The van der Waals surface area contributed by atoms with Crippen LogP contribution in [0.25, 0.3) is 0 Å². The molecule has 1 aliphatic carbocycles. The summed E-state index contributed by atoms with van der Waals surface area (Å²) in [6.07, 6.45) is 6.30. The first-order valence-corrected chi connectivity index (χ1v) is 7.54. The van der Waals surface area contributed by atoms with Gasteiger partial charge in [-0.15, -0.1) is 0 Å². The van der Waals surface area contributed by atoms with Gasteiger partial charge in [-0.1, -0.05) is 60.7 Å². The lowest BCUT2D eigenvalue weighted by Gasteiger charge is -2.29. The minimum atomic E-state index is -1.01. The molecular formula is C20H18O3. The molecule has 0 saturated carbocycles. The van der Waals surface area contributed by atoms with E-state index in [2.05, 4.69) is 0 Å². The van der Waals surface area contributed by atoms with Gasteiger partial charge in [-0.3, -0.25) is 4.79 Å². The van der Waals surface area contributed by atoms with Gasteiger partial charge in [0.2, 0.25) is 5.79 Å². The third-order valence-corrected chi connectivity index (χ3v) is 3.57. The van der Waals surface area contributed by atoms with Crippen molar-refractivity contribution in [3.8, 4) is 0 Å². The lowest BCUT2D eigenvalue weighted by Crippen LogP contribution is -2.33. The fourth-order valence-electron chi connectivity index (χ4n) is 2.28. The number of allylic oxidation sites excluding steroid dienone is 2. The molecule has 0 saturated heterocycles. The molecular weight excluding hydrogens is 288 g/mol. The van der Waals surface area contributed by atoms with E-state index < -0.39 is 5.79 Å². The maximum absolute atomic E-state index is 11.4. The molecule has 3 heteroatoms. The van der Waals surface area contributed by atoms with Crippen molar-refractivity contribution < 1.29 is 14.3 Å². The summed E-state index contributed by atoms with van der Waals surface area (Å²) in [4.78, 5) is 11.4. The minimum absolute atomic E-state index is 0.0627. The summed E-state index contributed by atoms with van der Waals surface area (Å²) in [5, 5.41) is 0. The molecule has 0 unspecified atom stereocenters. The molecule has 1 aliphatic rings. The maximum Gasteiger partial charge on any atom is 0.209 e. The number of hydrogen-bond donors (Lipinski definition) is 0. The lowest BCUT2D eigenvalue weighted by atomic mass is 10.1. The summed E-state index contributed by atoms with van der Waals surface area (Å²) in [6, 6.07) is 19.8. The summed E-state index contributed by atoms with van der Waals surface area (Å²) in [5.41, 5.74) is 2.10. The Morgan fingerprint density at radius 3 is 1.57 bits per heavy atom. The largest absolute Gasteiger partial charge is 0.338 e. The third kappa shape index (κ3) is 4.25. The van der Waals surface area contributed by atoms with Crippen molar-refractivity contribution in [2.45, 2.75) is 19.0 Å². The molecule has 0 N–H and O–H groups in total. The Morgan fingerprint density at radius 2 is 1.13 bits per heavy atom. The highest BCUT2D eigenvalue weighted by Crippen LogP contribution is 2.24. The lowest BCUT2D eigenvalue weighted by molar-refractivity contribution is -0.186. The average molecular weight is 306 g/mol. The van der Waals surface area contributed by atoms with Gasteiger partial charge in [-0.2, -0.15) is 0 Å². The van der Waals surface area contributed by atoms with E-state index in [1.165, 1.54) is 12.2 Å². The number of carbonyl (C=O) groups is 1. The fraction of sp³-hybridized carbons (Fsp3) is 0.150. The van der Waals surface area contributed by atoms with E-state index in [1.807, 2.05) is 60.7 Å². The van der Waals surface area contributed by atoms with Crippen LogP contribution < -0.4 is 0 Å². The molecule has 3 rings (SSSR count). The number of benzene rings is 2. The van der Waals surface area contributed by atoms with Crippen LogP contribution in [0.5, 0.6) is 0 Å². The summed E-state index contributed by atoms with van der Waals surface area (Å²) < 4.78 is 12.0. The molecule has 0 aromatic heterocycles. The number of rotatable bonds is 6. The molecule has 3 nitrogen and oxygen atoms in total. The molecule has 0 bridgehead atoms. The van der Waals surface area contributed by atoms with Gasteiger partial charge in [0, 0.05) is 0 Å². The summed E-state index contributed by atoms with van der Waals surface area (Å²) >= 11 is 0. The molecule has 116 valence electrons. The zero-order valence-corrected chi connectivity index (χ0v) is 12.7. The van der Waals surface area contributed by atoms with Gasteiger partial charge in [-0.25, -0.2) is 0 Å². The van der Waals surface area contributed by atoms with Crippen molar-refractivity contribution in [1.29, 1.82) is 0 Å². The smallest absolute Gasteiger partial charge is 0.209 e. The van der Waals surface area contributed by atoms with Crippen LogP contribution in [0.2, 0.25) is 0 Å². The Hall–Kier alpha value is -2.49. The molecule has 0 atom stereocenters. The van der Waals surface area contributed by atoms with Crippen LogP contribution in [0.15, 0.2) is 85.0 Å². The maximum atomic E-state index is 11.4. The molecule has 0 fully saturated rings. The number of carbonyl (C=O) groups excluding carboxylic acids is 1. The van der Waals surface area contributed by atoms with Gasteiger partial charge in [0.15, 0.2) is 5.78 Å². The normalized spacial score (nSPS) is 15.7. The topological polar surface area (TPSA) is 35.5 Å². The van der Waals surface area contributed by atoms with Crippen LogP contribution in [-0.4, -0.2) is 11.6 Å². The molecule has 2 aromatic carbocycles. The second kappa shape index (κ2) is 7.18. The average Bonchev–Trinajstić information content (AvgIpc) is 2.62. The second-order valence-electron chi connectivity index (χ2n) is 5.34. The van der Waals surface area contributed by atoms with Crippen LogP contribution in [0, 0.1) is 0 Å². The monoisotopic (exact) mass is 306 g/mol. The third-order valence-electron chi connectivity index (χ3n) is 3.57. The predicted octanol–water partition coefficient (Wildman–Crippen LogP) is 3.81. The highest BCUT2D eigenvalue weighted by atomic mass is 16.7. The van der Waals surface area contributed by atoms with Crippen LogP contribution in [0.3, 0.4) is 0 Å². The quantitative estimate of drug-likeness (QED) is 0.761. The summed E-state index contributed by atoms with van der Waals surface area (Å²) in [6.45, 7) is 0.803. The highest BCUT2D eigenvalue weighted by Gasteiger charge is 2.28. The molecule has 0 radical (unpaired) electrons. The minimum Gasteiger partial charge on any atom is -0.338 e. The van der Waals surface area contributed by atoms with Crippen LogP contribution in [0.4, 0.5) is 0 Å². The second-order valence-corrected chi connectivity index (χ2v) is 5.34. The molecule has 0 amide bonds. The van der Waals surface area contributed by atoms with Gasteiger partial charge in [-0.05, 0) is 35.4 Å². The van der Waals surface area contributed by atoms with Crippen LogP contribution in [0.1, 0.15) is 11.1 Å². The van der Waals surface area contributed by atoms with Crippen molar-refractivity contribution in [1.82, 2.24) is 0 Å². The van der Waals surface area contributed by atoms with Crippen molar-refractivity contribution in [2.75, 3.05) is 0 Å². The van der Waals surface area contributed by atoms with Crippen molar-refractivity contribution in [3.63, 3.8) is 0 Å². The molecule has 0 spiro atoms. The van der Waals surface area contributed by atoms with E-state index in [4.69, 9.17) is 9.47 Å². The van der Waals surface area contributed by atoms with Gasteiger partial charge < -0.3 is 9.47 Å². The Morgan fingerprint density at radius 1 is 0.696 bits per heavy atom. The molecule has 2 aromatic rings. The van der Waals surface area contributed by atoms with E-state index in [1.54, 1.807) is 12.2 Å². The Labute approximate surface area is 135 Å². The predicted molar refractivity (Wildman–Crippen MR) is 88.5 cm³/mol. The Balaban J connectivity index is 1.71.